The third-order valence-electron chi connectivity index (χ3n) is 3.20. The average molecular weight is 380 g/mol. The second kappa shape index (κ2) is 7.29. The Hall–Kier alpha value is -1.67. The molecule has 2 heterocycles. The van der Waals surface area contributed by atoms with Crippen molar-refractivity contribution >= 4 is 23.5 Å². The first kappa shape index (κ1) is 16.8. The van der Waals surface area contributed by atoms with Gasteiger partial charge in [0.05, 0.1) is 19.9 Å². The summed E-state index contributed by atoms with van der Waals surface area (Å²) in [4.78, 5) is 17.1. The molecule has 2 rings (SSSR count). The number of carbonyl (C=O) groups excluding carboxylic acids is 1. The maximum Gasteiger partial charge on any atom is 0.410 e. The summed E-state index contributed by atoms with van der Waals surface area (Å²) < 4.78 is 54.3. The van der Waals surface area contributed by atoms with E-state index < -0.39 is 43.0 Å². The van der Waals surface area contributed by atoms with Crippen LogP contribution in [0.2, 0.25) is 5.02 Å². The van der Waals surface area contributed by atoms with Crippen LogP contribution in [0.25, 0.3) is 0 Å². The van der Waals surface area contributed by atoms with E-state index in [1.165, 1.54) is 25.3 Å². The minimum Gasteiger partial charge on any atom is -0.444 e. The number of pyridine rings is 1. The van der Waals surface area contributed by atoms with Crippen LogP contribution in [0.5, 0.6) is 0 Å². The fourth-order valence-electron chi connectivity index (χ4n) is 2.22. The first-order chi connectivity index (χ1) is 12.2. The van der Waals surface area contributed by atoms with Crippen LogP contribution in [0.4, 0.5) is 19.4 Å². The minimum absolute atomic E-state index is 0.123. The first-order valence-electron chi connectivity index (χ1n) is 8.65. The topological polar surface area (TPSA) is 63.7 Å². The van der Waals surface area contributed by atoms with E-state index in [0.29, 0.717) is 9.92 Å². The molecule has 0 radical (unpaired) electrons. The number of hydrogen-bond acceptors (Lipinski definition) is 5. The molecule has 25 heavy (non-hydrogen) atoms. The second-order valence-corrected chi connectivity index (χ2v) is 7.08. The van der Waals surface area contributed by atoms with Crippen LogP contribution in [0.1, 0.15) is 30.4 Å². The normalized spacial score (nSPS) is 25.0. The van der Waals surface area contributed by atoms with Gasteiger partial charge in [-0.1, -0.05) is 11.6 Å². The smallest absolute Gasteiger partial charge is 0.410 e. The highest BCUT2D eigenvalue weighted by Gasteiger charge is 2.48. The molecular formula is C16H22ClF2N3O3. The Morgan fingerprint density at radius 3 is 2.84 bits per heavy atom. The zero-order valence-electron chi connectivity index (χ0n) is 16.3. The molecule has 0 bridgehead atoms. The van der Waals surface area contributed by atoms with Gasteiger partial charge in [-0.2, -0.15) is 8.78 Å². The third kappa shape index (κ3) is 5.67. The number of alkyl halides is 2. The molecular weight excluding hydrogens is 356 g/mol. The Kier molecular flexibility index (Phi) is 4.89. The predicted molar refractivity (Wildman–Crippen MR) is 90.0 cm³/mol. The van der Waals surface area contributed by atoms with Gasteiger partial charge in [0, 0.05) is 12.7 Å². The summed E-state index contributed by atoms with van der Waals surface area (Å²) in [5.74, 6) is 0.123. The summed E-state index contributed by atoms with van der Waals surface area (Å²) >= 11 is 5.76. The van der Waals surface area contributed by atoms with Gasteiger partial charge in [0.1, 0.15) is 18.0 Å². The van der Waals surface area contributed by atoms with Gasteiger partial charge in [-0.15, -0.1) is 0 Å². The molecule has 1 aliphatic rings. The van der Waals surface area contributed by atoms with E-state index in [2.05, 4.69) is 15.0 Å². The lowest BCUT2D eigenvalue weighted by molar-refractivity contribution is -0.300. The minimum atomic E-state index is -3.62. The van der Waals surface area contributed by atoms with Crippen LogP contribution in [-0.4, -0.2) is 52.9 Å². The Morgan fingerprint density at radius 1 is 1.60 bits per heavy atom. The van der Waals surface area contributed by atoms with Crippen LogP contribution in [0.15, 0.2) is 18.3 Å². The molecule has 1 amide bonds. The number of anilines is 1. The van der Waals surface area contributed by atoms with E-state index >= 15 is 0 Å². The van der Waals surface area contributed by atoms with Crippen LogP contribution in [0.3, 0.4) is 0 Å². The van der Waals surface area contributed by atoms with E-state index in [4.69, 9.17) is 19.1 Å². The number of aromatic nitrogens is 1. The number of halogens is 3. The summed E-state index contributed by atoms with van der Waals surface area (Å²) in [7, 11) is 0. The largest absolute Gasteiger partial charge is 0.444 e. The van der Waals surface area contributed by atoms with Gasteiger partial charge in [-0.05, 0) is 39.8 Å². The quantitative estimate of drug-likeness (QED) is 0.866. The van der Waals surface area contributed by atoms with Crippen molar-refractivity contribution in [1.29, 1.82) is 0 Å². The van der Waals surface area contributed by atoms with E-state index in [0.717, 1.165) is 0 Å². The monoisotopic (exact) mass is 379 g/mol. The molecule has 140 valence electrons. The highest BCUT2D eigenvalue weighted by atomic mass is 35.5. The van der Waals surface area contributed by atoms with Crippen LogP contribution >= 0.6 is 11.6 Å². The van der Waals surface area contributed by atoms with Crippen molar-refractivity contribution in [1.82, 2.24) is 9.88 Å². The number of morpholine rings is 1. The number of amides is 1. The summed E-state index contributed by atoms with van der Waals surface area (Å²) in [6, 6.07) is 1.53. The zero-order chi connectivity index (χ0) is 20.6. The number of carbonyl (C=O) groups is 1. The van der Waals surface area contributed by atoms with E-state index in [1.54, 1.807) is 20.8 Å². The highest BCUT2D eigenvalue weighted by Crippen LogP contribution is 2.30. The lowest BCUT2D eigenvalue weighted by Gasteiger charge is -2.43. The van der Waals surface area contributed by atoms with Crippen molar-refractivity contribution in [3.63, 3.8) is 0 Å². The number of nitrogens with one attached hydrogen (secondary N) is 1. The lowest BCUT2D eigenvalue weighted by atomic mass is 10.1. The summed E-state index contributed by atoms with van der Waals surface area (Å²) in [5, 5.41) is 2.86. The standard InChI is InChI=1S/C16H22ClF2N3O3/c1-10-12(8-21-13-6-5-11(17)7-20-13)22(9-16(18,19)24-10)14(23)25-15(2,3)4/h5-7,10,12H,8-9H2,1-4H3,(H,20,21)/t10-,12+/m0/s1/i8D2. The molecule has 1 aromatic heterocycles. The van der Waals surface area contributed by atoms with Crippen LogP contribution in [-0.2, 0) is 9.47 Å². The third-order valence-corrected chi connectivity index (χ3v) is 3.42. The molecule has 1 N–H and O–H groups in total. The molecule has 1 aliphatic heterocycles. The second-order valence-electron chi connectivity index (χ2n) is 6.64. The van der Waals surface area contributed by atoms with Crippen molar-refractivity contribution < 1.29 is 25.8 Å². The zero-order valence-corrected chi connectivity index (χ0v) is 15.1. The molecule has 1 saturated heterocycles. The number of nitrogens with zero attached hydrogens (tertiary/aromatic N) is 2. The predicted octanol–water partition coefficient (Wildman–Crippen LogP) is 3.76. The molecule has 9 heteroatoms. The Labute approximate surface area is 153 Å². The number of ether oxygens (including phenoxy) is 2. The van der Waals surface area contributed by atoms with Gasteiger partial charge in [0.15, 0.2) is 0 Å². The van der Waals surface area contributed by atoms with Crippen molar-refractivity contribution in [3.05, 3.63) is 23.4 Å². The number of hydrogen-bond donors (Lipinski definition) is 1. The van der Waals surface area contributed by atoms with Crippen molar-refractivity contribution in [2.24, 2.45) is 0 Å². The molecule has 0 spiro atoms. The maximum absolute atomic E-state index is 13.9. The van der Waals surface area contributed by atoms with Gasteiger partial charge in [-0.3, -0.25) is 4.90 Å². The van der Waals surface area contributed by atoms with Crippen molar-refractivity contribution in [3.8, 4) is 0 Å². The van der Waals surface area contributed by atoms with E-state index in [-0.39, 0.29) is 5.82 Å². The van der Waals surface area contributed by atoms with Gasteiger partial charge in [-0.25, -0.2) is 9.78 Å². The Morgan fingerprint density at radius 2 is 2.28 bits per heavy atom. The molecule has 0 saturated carbocycles. The fraction of sp³-hybridized carbons (Fsp3) is 0.625. The van der Waals surface area contributed by atoms with Gasteiger partial charge < -0.3 is 14.8 Å². The van der Waals surface area contributed by atoms with Crippen molar-refractivity contribution in [2.45, 2.75) is 51.6 Å². The van der Waals surface area contributed by atoms with Gasteiger partial charge in [0.25, 0.3) is 0 Å². The molecule has 1 aromatic rings. The molecule has 6 nitrogen and oxygen atoms in total. The van der Waals surface area contributed by atoms with Crippen molar-refractivity contribution in [2.75, 3.05) is 18.4 Å². The van der Waals surface area contributed by atoms with E-state index in [1.807, 2.05) is 0 Å². The molecule has 2 atom stereocenters. The Balaban J connectivity index is 2.32. The summed E-state index contributed by atoms with van der Waals surface area (Å²) in [5.41, 5.74) is -0.934. The molecule has 1 fully saturated rings. The number of rotatable bonds is 3. The highest BCUT2D eigenvalue weighted by molar-refractivity contribution is 6.30. The molecule has 0 unspecified atom stereocenters. The molecule has 0 aromatic carbocycles. The van der Waals surface area contributed by atoms with Crippen LogP contribution in [0, 0.1) is 0 Å². The lowest BCUT2D eigenvalue weighted by Crippen LogP contribution is -2.61. The maximum atomic E-state index is 13.9. The SMILES string of the molecule is [2H]C([2H])(Nc1ccc(Cl)cn1)[C@@H]1[C@H](C)OC(F)(F)CN1C(=O)OC(C)(C)C. The fourth-order valence-corrected chi connectivity index (χ4v) is 2.33. The average Bonchev–Trinajstić information content (AvgIpc) is 2.45. The summed E-state index contributed by atoms with van der Waals surface area (Å²) in [6.07, 6.45) is -4.70. The summed E-state index contributed by atoms with van der Waals surface area (Å²) in [6.45, 7) is 2.55. The molecule has 0 aliphatic carbocycles. The van der Waals surface area contributed by atoms with E-state index in [9.17, 15) is 13.6 Å². The van der Waals surface area contributed by atoms with Gasteiger partial charge in [0.2, 0.25) is 0 Å². The van der Waals surface area contributed by atoms with Gasteiger partial charge >= 0.3 is 12.2 Å². The Bertz CT molecular complexity index is 686. The first-order valence-corrected chi connectivity index (χ1v) is 8.03. The van der Waals surface area contributed by atoms with Crippen LogP contribution < -0.4 is 5.32 Å².